The number of rotatable bonds is 2. The molecular formula is C12H6N6. The van der Waals surface area contributed by atoms with Crippen LogP contribution in [-0.4, -0.2) is 14.5 Å². The van der Waals surface area contributed by atoms with Gasteiger partial charge in [-0.1, -0.05) is 0 Å². The van der Waals surface area contributed by atoms with Crippen molar-refractivity contribution in [3.05, 3.63) is 35.9 Å². The number of aromatic nitrogens is 3. The fourth-order valence-corrected chi connectivity index (χ4v) is 1.59. The van der Waals surface area contributed by atoms with Crippen molar-refractivity contribution in [1.29, 1.82) is 15.8 Å². The van der Waals surface area contributed by atoms with Gasteiger partial charge < -0.3 is 4.57 Å². The third kappa shape index (κ3) is 1.77. The molecule has 2 heterocycles. The smallest absolute Gasteiger partial charge is 0.177 e. The van der Waals surface area contributed by atoms with Crippen molar-refractivity contribution in [2.75, 3.05) is 0 Å². The van der Waals surface area contributed by atoms with Gasteiger partial charge in [0.05, 0.1) is 6.07 Å². The maximum atomic E-state index is 9.03. The molecule has 0 radical (unpaired) electrons. The first kappa shape index (κ1) is 11.3. The third-order valence-electron chi connectivity index (χ3n) is 2.35. The molecule has 0 N–H and O–H groups in total. The second-order valence-corrected chi connectivity index (χ2v) is 3.34. The summed E-state index contributed by atoms with van der Waals surface area (Å²) in [6, 6.07) is 9.12. The number of imidazole rings is 1. The average Bonchev–Trinajstić information content (AvgIpc) is 2.78. The van der Waals surface area contributed by atoms with Crippen molar-refractivity contribution in [3.8, 4) is 29.6 Å². The van der Waals surface area contributed by atoms with E-state index in [0.29, 0.717) is 11.4 Å². The number of hydrogen-bond donors (Lipinski definition) is 0. The zero-order valence-corrected chi connectivity index (χ0v) is 9.20. The van der Waals surface area contributed by atoms with E-state index in [1.807, 2.05) is 18.2 Å². The van der Waals surface area contributed by atoms with Gasteiger partial charge in [0.15, 0.2) is 11.4 Å². The van der Waals surface area contributed by atoms with Crippen molar-refractivity contribution < 1.29 is 0 Å². The van der Waals surface area contributed by atoms with Crippen molar-refractivity contribution in [3.63, 3.8) is 0 Å². The molecule has 0 unspecified atom stereocenters. The van der Waals surface area contributed by atoms with Gasteiger partial charge in [-0.3, -0.25) is 4.98 Å². The van der Waals surface area contributed by atoms with E-state index in [1.54, 1.807) is 24.5 Å². The molecule has 0 atom stereocenters. The summed E-state index contributed by atoms with van der Waals surface area (Å²) >= 11 is 0. The van der Waals surface area contributed by atoms with Gasteiger partial charge in [-0.05, 0) is 12.1 Å². The van der Waals surface area contributed by atoms with Crippen LogP contribution in [0, 0.1) is 34.0 Å². The van der Waals surface area contributed by atoms with Gasteiger partial charge >= 0.3 is 0 Å². The Kier molecular flexibility index (Phi) is 3.00. The van der Waals surface area contributed by atoms with E-state index in [4.69, 9.17) is 15.8 Å². The highest BCUT2D eigenvalue weighted by molar-refractivity contribution is 5.59. The maximum absolute atomic E-state index is 9.03. The molecule has 0 bridgehead atoms. The van der Waals surface area contributed by atoms with Crippen molar-refractivity contribution >= 4 is 0 Å². The molecule has 6 heteroatoms. The van der Waals surface area contributed by atoms with E-state index >= 15 is 0 Å². The normalized spacial score (nSPS) is 9.17. The van der Waals surface area contributed by atoms with E-state index in [9.17, 15) is 0 Å². The molecule has 0 aliphatic heterocycles. The van der Waals surface area contributed by atoms with Crippen LogP contribution in [-0.2, 0) is 6.54 Å². The predicted molar refractivity (Wildman–Crippen MR) is 60.5 cm³/mol. The molecule has 0 amide bonds. The van der Waals surface area contributed by atoms with Gasteiger partial charge in [-0.2, -0.15) is 15.8 Å². The Morgan fingerprint density at radius 2 is 1.83 bits per heavy atom. The summed E-state index contributed by atoms with van der Waals surface area (Å²) < 4.78 is 1.42. The molecule has 6 nitrogen and oxygen atoms in total. The summed E-state index contributed by atoms with van der Waals surface area (Å²) in [4.78, 5) is 7.97. The Balaban J connectivity index is 2.70. The lowest BCUT2D eigenvalue weighted by Crippen LogP contribution is -2.01. The van der Waals surface area contributed by atoms with Gasteiger partial charge in [-0.25, -0.2) is 4.98 Å². The van der Waals surface area contributed by atoms with Crippen molar-refractivity contribution in [2.24, 2.45) is 0 Å². The monoisotopic (exact) mass is 234 g/mol. The van der Waals surface area contributed by atoms with E-state index in [-0.39, 0.29) is 17.9 Å². The van der Waals surface area contributed by atoms with Crippen LogP contribution < -0.4 is 0 Å². The molecule has 0 aliphatic carbocycles. The molecule has 0 aliphatic rings. The molecule has 0 aromatic carbocycles. The van der Waals surface area contributed by atoms with E-state index < -0.39 is 0 Å². The Hall–Kier alpha value is -3.17. The minimum absolute atomic E-state index is 0.0274. The highest BCUT2D eigenvalue weighted by Gasteiger charge is 2.17. The zero-order valence-electron chi connectivity index (χ0n) is 9.20. The molecule has 84 valence electrons. The number of pyridine rings is 1. The highest BCUT2D eigenvalue weighted by atomic mass is 15.1. The molecule has 18 heavy (non-hydrogen) atoms. The van der Waals surface area contributed by atoms with Crippen LogP contribution >= 0.6 is 0 Å². The Labute approximate surface area is 103 Å². The van der Waals surface area contributed by atoms with Gasteiger partial charge in [-0.15, -0.1) is 0 Å². The second-order valence-electron chi connectivity index (χ2n) is 3.34. The third-order valence-corrected chi connectivity index (χ3v) is 2.35. The predicted octanol–water partition coefficient (Wildman–Crippen LogP) is 1.21. The van der Waals surface area contributed by atoms with E-state index in [2.05, 4.69) is 9.97 Å². The van der Waals surface area contributed by atoms with Crippen LogP contribution in [0.25, 0.3) is 11.4 Å². The Morgan fingerprint density at radius 1 is 1.11 bits per heavy atom. The topological polar surface area (TPSA) is 102 Å². The van der Waals surface area contributed by atoms with Gasteiger partial charge in [0, 0.05) is 18.0 Å². The van der Waals surface area contributed by atoms with Crippen molar-refractivity contribution in [1.82, 2.24) is 14.5 Å². The number of nitrogens with zero attached hydrogens (tertiary/aromatic N) is 6. The molecular weight excluding hydrogens is 228 g/mol. The zero-order chi connectivity index (χ0) is 13.0. The first-order chi connectivity index (χ1) is 8.81. The first-order valence-electron chi connectivity index (χ1n) is 5.00. The van der Waals surface area contributed by atoms with Crippen LogP contribution in [0.5, 0.6) is 0 Å². The molecule has 0 saturated carbocycles. The largest absolute Gasteiger partial charge is 0.301 e. The van der Waals surface area contributed by atoms with Gasteiger partial charge in [0.2, 0.25) is 0 Å². The number of nitriles is 3. The van der Waals surface area contributed by atoms with Crippen LogP contribution in [0.4, 0.5) is 0 Å². The SMILES string of the molecule is N#CCn1c(-c2ccncc2)nc(C#N)c1C#N. The fraction of sp³-hybridized carbons (Fsp3) is 0.0833. The van der Waals surface area contributed by atoms with E-state index in [0.717, 1.165) is 0 Å². The minimum atomic E-state index is -0.0325. The van der Waals surface area contributed by atoms with E-state index in [1.165, 1.54) is 4.57 Å². The van der Waals surface area contributed by atoms with Crippen molar-refractivity contribution in [2.45, 2.75) is 6.54 Å². The van der Waals surface area contributed by atoms with Gasteiger partial charge in [0.25, 0.3) is 0 Å². The fourth-order valence-electron chi connectivity index (χ4n) is 1.59. The lowest BCUT2D eigenvalue weighted by atomic mass is 10.2. The Bertz CT molecular complexity index is 693. The summed E-state index contributed by atoms with van der Waals surface area (Å²) in [5.41, 5.74) is 0.837. The summed E-state index contributed by atoms with van der Waals surface area (Å²) in [5.74, 6) is 0.423. The standard InChI is InChI=1S/C12H6N6/c13-3-6-18-11(8-15)10(7-14)17-12(18)9-1-4-16-5-2-9/h1-2,4-5H,6H2. The van der Waals surface area contributed by atoms with Gasteiger partial charge in [0.1, 0.15) is 24.5 Å². The summed E-state index contributed by atoms with van der Waals surface area (Å²) in [7, 11) is 0. The summed E-state index contributed by atoms with van der Waals surface area (Å²) in [5, 5.41) is 26.8. The molecule has 0 saturated heterocycles. The maximum Gasteiger partial charge on any atom is 0.177 e. The lowest BCUT2D eigenvalue weighted by Gasteiger charge is -2.03. The molecule has 2 aromatic rings. The quantitative estimate of drug-likeness (QED) is 0.777. The van der Waals surface area contributed by atoms with Crippen LogP contribution in [0.2, 0.25) is 0 Å². The first-order valence-corrected chi connectivity index (χ1v) is 5.00. The second kappa shape index (κ2) is 4.78. The average molecular weight is 234 g/mol. The highest BCUT2D eigenvalue weighted by Crippen LogP contribution is 2.21. The summed E-state index contributed by atoms with van der Waals surface area (Å²) in [6.07, 6.45) is 3.16. The number of hydrogen-bond acceptors (Lipinski definition) is 5. The molecule has 2 rings (SSSR count). The van der Waals surface area contributed by atoms with Crippen LogP contribution in [0.1, 0.15) is 11.4 Å². The van der Waals surface area contributed by atoms with Crippen LogP contribution in [0.15, 0.2) is 24.5 Å². The lowest BCUT2D eigenvalue weighted by molar-refractivity contribution is 0.827. The summed E-state index contributed by atoms with van der Waals surface area (Å²) in [6.45, 7) is -0.0325. The van der Waals surface area contributed by atoms with Crippen LogP contribution in [0.3, 0.4) is 0 Å². The molecule has 0 spiro atoms. The Morgan fingerprint density at radius 3 is 2.39 bits per heavy atom. The minimum Gasteiger partial charge on any atom is -0.301 e. The molecule has 0 fully saturated rings. The molecule has 2 aromatic heterocycles.